The first kappa shape index (κ1) is 23.2. The Morgan fingerprint density at radius 1 is 0.862 bits per heavy atom. The molecule has 0 aliphatic rings. The number of rotatable bonds is 9. The summed E-state index contributed by atoms with van der Waals surface area (Å²) in [6, 6.07) is 10.8. The average molecular weight is 395 g/mol. The third-order valence-electron chi connectivity index (χ3n) is 7.09. The Hall–Kier alpha value is -2.09. The highest BCUT2D eigenvalue weighted by atomic mass is 16.5. The average Bonchev–Trinajstić information content (AvgIpc) is 2.73. The molecule has 0 aliphatic carbocycles. The molecule has 0 spiro atoms. The maximum absolute atomic E-state index is 11.3. The lowest BCUT2D eigenvalue weighted by molar-refractivity contribution is 0.112. The van der Waals surface area contributed by atoms with Crippen LogP contribution in [-0.4, -0.2) is 6.29 Å². The highest BCUT2D eigenvalue weighted by molar-refractivity contribution is 5.76. The van der Waals surface area contributed by atoms with Crippen LogP contribution in [0.4, 0.5) is 0 Å². The van der Waals surface area contributed by atoms with Crippen molar-refractivity contribution in [3.05, 3.63) is 63.7 Å². The molecule has 0 aromatic heterocycles. The van der Waals surface area contributed by atoms with Gasteiger partial charge in [0.1, 0.15) is 18.6 Å². The minimum Gasteiger partial charge on any atom is -0.489 e. The monoisotopic (exact) mass is 394 g/mol. The Balaban J connectivity index is 2.46. The highest BCUT2D eigenvalue weighted by Crippen LogP contribution is 2.36. The predicted octanol–water partition coefficient (Wildman–Crippen LogP) is 7.46. The fraction of sp³-hybridized carbons (Fsp3) is 0.519. The van der Waals surface area contributed by atoms with Gasteiger partial charge in [0.2, 0.25) is 0 Å². The van der Waals surface area contributed by atoms with Gasteiger partial charge >= 0.3 is 0 Å². The van der Waals surface area contributed by atoms with Crippen LogP contribution in [0.15, 0.2) is 30.3 Å². The lowest BCUT2D eigenvalue weighted by atomic mass is 9.73. The lowest BCUT2D eigenvalue weighted by Crippen LogP contribution is -2.23. The van der Waals surface area contributed by atoms with Crippen molar-refractivity contribution in [3.8, 4) is 5.75 Å². The number of ether oxygens (including phenoxy) is 1. The molecule has 0 atom stereocenters. The SMILES string of the molecule is CCC(C)(C)c1cc(COc2cc(C=O)cc(C)c2C)cc(C(C)(CC)CC)c1. The predicted molar refractivity (Wildman–Crippen MR) is 123 cm³/mol. The van der Waals surface area contributed by atoms with Crippen LogP contribution >= 0.6 is 0 Å². The molecular formula is C27H38O2. The van der Waals surface area contributed by atoms with Crippen LogP contribution in [0.5, 0.6) is 5.75 Å². The fourth-order valence-electron chi connectivity index (χ4n) is 3.61. The quantitative estimate of drug-likeness (QED) is 0.413. The van der Waals surface area contributed by atoms with Crippen molar-refractivity contribution in [2.24, 2.45) is 0 Å². The van der Waals surface area contributed by atoms with Crippen molar-refractivity contribution in [3.63, 3.8) is 0 Å². The van der Waals surface area contributed by atoms with Gasteiger partial charge in [0, 0.05) is 5.56 Å². The first-order chi connectivity index (χ1) is 13.6. The van der Waals surface area contributed by atoms with Crippen molar-refractivity contribution >= 4 is 6.29 Å². The topological polar surface area (TPSA) is 26.3 Å². The summed E-state index contributed by atoms with van der Waals surface area (Å²) in [5.74, 6) is 0.794. The summed E-state index contributed by atoms with van der Waals surface area (Å²) in [5, 5.41) is 0. The van der Waals surface area contributed by atoms with Gasteiger partial charge in [-0.05, 0) is 83.9 Å². The van der Waals surface area contributed by atoms with E-state index in [0.29, 0.717) is 12.2 Å². The molecule has 0 aliphatic heterocycles. The molecule has 0 unspecified atom stereocenters. The van der Waals surface area contributed by atoms with Crippen LogP contribution in [0.3, 0.4) is 0 Å². The number of hydrogen-bond acceptors (Lipinski definition) is 2. The molecule has 2 aromatic carbocycles. The first-order valence-electron chi connectivity index (χ1n) is 10.9. The molecule has 0 saturated carbocycles. The van der Waals surface area contributed by atoms with Gasteiger partial charge in [0.25, 0.3) is 0 Å². The molecule has 2 aromatic rings. The molecular weight excluding hydrogens is 356 g/mol. The van der Waals surface area contributed by atoms with Crippen LogP contribution in [0.2, 0.25) is 0 Å². The second-order valence-corrected chi connectivity index (χ2v) is 9.29. The number of carbonyl (C=O) groups excluding carboxylic acids is 1. The minimum absolute atomic E-state index is 0.122. The molecule has 0 radical (unpaired) electrons. The molecule has 2 nitrogen and oxygen atoms in total. The van der Waals surface area contributed by atoms with E-state index >= 15 is 0 Å². The second-order valence-electron chi connectivity index (χ2n) is 9.29. The van der Waals surface area contributed by atoms with Gasteiger partial charge < -0.3 is 4.74 Å². The zero-order chi connectivity index (χ0) is 21.8. The van der Waals surface area contributed by atoms with E-state index in [4.69, 9.17) is 4.74 Å². The van der Waals surface area contributed by atoms with E-state index in [-0.39, 0.29) is 10.8 Å². The van der Waals surface area contributed by atoms with Crippen LogP contribution in [0, 0.1) is 13.8 Å². The minimum atomic E-state index is 0.122. The summed E-state index contributed by atoms with van der Waals surface area (Å²) in [6.07, 6.45) is 4.19. The van der Waals surface area contributed by atoms with E-state index in [1.807, 2.05) is 26.0 Å². The van der Waals surface area contributed by atoms with Crippen molar-refractivity contribution in [2.75, 3.05) is 0 Å². The highest BCUT2D eigenvalue weighted by Gasteiger charge is 2.26. The second kappa shape index (κ2) is 9.15. The molecule has 0 saturated heterocycles. The van der Waals surface area contributed by atoms with Gasteiger partial charge in [0.05, 0.1) is 0 Å². The van der Waals surface area contributed by atoms with E-state index in [1.54, 1.807) is 0 Å². The van der Waals surface area contributed by atoms with E-state index in [0.717, 1.165) is 42.4 Å². The van der Waals surface area contributed by atoms with E-state index in [1.165, 1.54) is 16.7 Å². The van der Waals surface area contributed by atoms with Crippen LogP contribution in [0.25, 0.3) is 0 Å². The van der Waals surface area contributed by atoms with Gasteiger partial charge in [-0.15, -0.1) is 0 Å². The number of aldehydes is 1. The largest absolute Gasteiger partial charge is 0.489 e. The van der Waals surface area contributed by atoms with Gasteiger partial charge in [-0.3, -0.25) is 4.79 Å². The smallest absolute Gasteiger partial charge is 0.150 e. The van der Waals surface area contributed by atoms with Crippen molar-refractivity contribution in [2.45, 2.75) is 92.1 Å². The molecule has 2 rings (SSSR count). The van der Waals surface area contributed by atoms with E-state index < -0.39 is 0 Å². The summed E-state index contributed by atoms with van der Waals surface area (Å²) < 4.78 is 6.22. The maximum atomic E-state index is 11.3. The number of carbonyl (C=O) groups is 1. The molecule has 0 bridgehead atoms. The van der Waals surface area contributed by atoms with Crippen LogP contribution in [0.1, 0.15) is 99.0 Å². The summed E-state index contributed by atoms with van der Waals surface area (Å²) in [5.41, 5.74) is 7.09. The summed E-state index contributed by atoms with van der Waals surface area (Å²) in [7, 11) is 0. The molecule has 158 valence electrons. The molecule has 0 N–H and O–H groups in total. The van der Waals surface area contributed by atoms with Gasteiger partial charge in [-0.2, -0.15) is 0 Å². The lowest BCUT2D eigenvalue weighted by Gasteiger charge is -2.31. The summed E-state index contributed by atoms with van der Waals surface area (Å²) >= 11 is 0. The Kier molecular flexibility index (Phi) is 7.32. The number of hydrogen-bond donors (Lipinski definition) is 0. The Morgan fingerprint density at radius 2 is 1.48 bits per heavy atom. The standard InChI is InChI=1S/C27H38O2/c1-9-26(6,7)23-13-22(14-24(16-23)27(8,10-2)11-3)18-29-25-15-21(17-28)12-19(4)20(25)5/h12-17H,9-11,18H2,1-8H3. The Labute approximate surface area is 177 Å². The summed E-state index contributed by atoms with van der Waals surface area (Å²) in [6.45, 7) is 18.4. The molecule has 0 fully saturated rings. The number of aryl methyl sites for hydroxylation is 1. The van der Waals surface area contributed by atoms with Crippen molar-refractivity contribution < 1.29 is 9.53 Å². The maximum Gasteiger partial charge on any atom is 0.150 e. The Bertz CT molecular complexity index is 857. The molecule has 29 heavy (non-hydrogen) atoms. The third-order valence-corrected chi connectivity index (χ3v) is 7.09. The zero-order valence-corrected chi connectivity index (χ0v) is 19.6. The van der Waals surface area contributed by atoms with Gasteiger partial charge in [-0.1, -0.05) is 59.7 Å². The molecule has 0 heterocycles. The van der Waals surface area contributed by atoms with Crippen molar-refractivity contribution in [1.82, 2.24) is 0 Å². The van der Waals surface area contributed by atoms with Gasteiger partial charge in [0.15, 0.2) is 0 Å². The van der Waals surface area contributed by atoms with Gasteiger partial charge in [-0.25, -0.2) is 0 Å². The fourth-order valence-corrected chi connectivity index (χ4v) is 3.61. The molecule has 2 heteroatoms. The molecule has 0 amide bonds. The van der Waals surface area contributed by atoms with E-state index in [9.17, 15) is 4.79 Å². The number of benzene rings is 2. The zero-order valence-electron chi connectivity index (χ0n) is 19.6. The van der Waals surface area contributed by atoms with Crippen LogP contribution < -0.4 is 4.74 Å². The van der Waals surface area contributed by atoms with Crippen molar-refractivity contribution in [1.29, 1.82) is 0 Å². The third kappa shape index (κ3) is 5.10. The van der Waals surface area contributed by atoms with Crippen LogP contribution in [-0.2, 0) is 17.4 Å². The first-order valence-corrected chi connectivity index (χ1v) is 10.9. The normalized spacial score (nSPS) is 12.1. The van der Waals surface area contributed by atoms with E-state index in [2.05, 4.69) is 59.7 Å². The Morgan fingerprint density at radius 3 is 2.03 bits per heavy atom. The summed E-state index contributed by atoms with van der Waals surface area (Å²) in [4.78, 5) is 11.3.